The topological polar surface area (TPSA) is 68.8 Å². The zero-order valence-corrected chi connectivity index (χ0v) is 15.9. The monoisotopic (exact) mass is 421 g/mol. The van der Waals surface area contributed by atoms with Crippen molar-refractivity contribution >= 4 is 22.5 Å². The molecule has 1 N–H and O–H groups in total. The van der Waals surface area contributed by atoms with E-state index in [0.29, 0.717) is 16.6 Å². The van der Waals surface area contributed by atoms with Gasteiger partial charge in [0.1, 0.15) is 29.9 Å². The van der Waals surface area contributed by atoms with E-state index in [1.807, 2.05) is 0 Å². The van der Waals surface area contributed by atoms with Crippen LogP contribution in [0.25, 0.3) is 10.9 Å². The predicted octanol–water partition coefficient (Wildman–Crippen LogP) is 3.85. The summed E-state index contributed by atoms with van der Waals surface area (Å²) >= 11 is 5.94. The first-order chi connectivity index (χ1) is 13.8. The maximum atomic E-state index is 14.7. The Kier molecular flexibility index (Phi) is 4.79. The molecule has 2 atom stereocenters. The van der Waals surface area contributed by atoms with Crippen LogP contribution in [-0.4, -0.2) is 29.7 Å². The Labute approximate surface area is 168 Å². The summed E-state index contributed by atoms with van der Waals surface area (Å²) in [6.45, 7) is 1.33. The van der Waals surface area contributed by atoms with Crippen molar-refractivity contribution < 1.29 is 18.3 Å². The van der Waals surface area contributed by atoms with E-state index in [4.69, 9.17) is 11.6 Å². The molecular weight excluding hydrogens is 407 g/mol. The zero-order valence-electron chi connectivity index (χ0n) is 15.1. The standard InChI is InChI=1S/C19H15ClF3N5O/c1-11(28-17-5-2-12(20)6-14(17)18(23)26-28)19(29,8-27-10-24-9-25-27)15-4-3-13(21)7-16(15)22/h2-7,9-11,29H,8H2,1H3/t11-,19-/m1/s1. The largest absolute Gasteiger partial charge is 0.381 e. The van der Waals surface area contributed by atoms with Crippen LogP contribution in [0.2, 0.25) is 5.02 Å². The zero-order chi connectivity index (χ0) is 20.8. The van der Waals surface area contributed by atoms with E-state index in [2.05, 4.69) is 15.2 Å². The van der Waals surface area contributed by atoms with Crippen molar-refractivity contribution in [3.8, 4) is 0 Å². The first kappa shape index (κ1) is 19.4. The summed E-state index contributed by atoms with van der Waals surface area (Å²) in [5, 5.41) is 19.9. The third kappa shape index (κ3) is 3.36. The third-order valence-electron chi connectivity index (χ3n) is 4.95. The lowest BCUT2D eigenvalue weighted by Crippen LogP contribution is -2.41. The smallest absolute Gasteiger partial charge is 0.240 e. The minimum absolute atomic E-state index is 0.159. The number of halogens is 4. The van der Waals surface area contributed by atoms with Crippen molar-refractivity contribution in [2.75, 3.05) is 0 Å². The maximum Gasteiger partial charge on any atom is 0.240 e. The van der Waals surface area contributed by atoms with Crippen molar-refractivity contribution in [1.29, 1.82) is 0 Å². The van der Waals surface area contributed by atoms with Gasteiger partial charge < -0.3 is 5.11 Å². The Balaban J connectivity index is 1.89. The van der Waals surface area contributed by atoms with E-state index >= 15 is 0 Å². The summed E-state index contributed by atoms with van der Waals surface area (Å²) in [7, 11) is 0. The van der Waals surface area contributed by atoms with Gasteiger partial charge in [-0.05, 0) is 31.2 Å². The van der Waals surface area contributed by atoms with Crippen LogP contribution in [0.15, 0.2) is 49.1 Å². The fraction of sp³-hybridized carbons (Fsp3) is 0.211. The van der Waals surface area contributed by atoms with Gasteiger partial charge in [-0.1, -0.05) is 17.7 Å². The summed E-state index contributed by atoms with van der Waals surface area (Å²) < 4.78 is 45.1. The fourth-order valence-corrected chi connectivity index (χ4v) is 3.59. The van der Waals surface area contributed by atoms with Crippen molar-refractivity contribution in [3.05, 3.63) is 77.2 Å². The van der Waals surface area contributed by atoms with E-state index in [9.17, 15) is 18.3 Å². The molecule has 0 saturated carbocycles. The van der Waals surface area contributed by atoms with Crippen LogP contribution in [-0.2, 0) is 12.1 Å². The summed E-state index contributed by atoms with van der Waals surface area (Å²) in [5.74, 6) is -2.51. The molecule has 0 radical (unpaired) electrons. The van der Waals surface area contributed by atoms with Crippen molar-refractivity contribution in [2.24, 2.45) is 0 Å². The maximum absolute atomic E-state index is 14.7. The van der Waals surface area contributed by atoms with Gasteiger partial charge in [0.25, 0.3) is 0 Å². The van der Waals surface area contributed by atoms with Gasteiger partial charge in [-0.3, -0.25) is 4.68 Å². The van der Waals surface area contributed by atoms with Crippen LogP contribution in [0, 0.1) is 17.6 Å². The lowest BCUT2D eigenvalue weighted by Gasteiger charge is -2.35. The molecule has 29 heavy (non-hydrogen) atoms. The lowest BCUT2D eigenvalue weighted by molar-refractivity contribution is -0.0358. The number of fused-ring (bicyclic) bond motifs is 1. The second-order valence-electron chi connectivity index (χ2n) is 6.71. The molecule has 4 aromatic rings. The summed E-state index contributed by atoms with van der Waals surface area (Å²) in [5.41, 5.74) is -1.78. The molecule has 0 unspecified atom stereocenters. The molecule has 4 rings (SSSR count). The fourth-order valence-electron chi connectivity index (χ4n) is 3.42. The average Bonchev–Trinajstić information content (AvgIpc) is 3.29. The molecule has 2 heterocycles. The predicted molar refractivity (Wildman–Crippen MR) is 99.7 cm³/mol. The molecule has 0 bridgehead atoms. The highest BCUT2D eigenvalue weighted by Gasteiger charge is 2.41. The number of nitrogens with zero attached hydrogens (tertiary/aromatic N) is 5. The normalized spacial score (nSPS) is 14.8. The van der Waals surface area contributed by atoms with E-state index in [1.54, 1.807) is 19.1 Å². The van der Waals surface area contributed by atoms with Gasteiger partial charge in [0.05, 0.1) is 23.5 Å². The van der Waals surface area contributed by atoms with Gasteiger partial charge in [0, 0.05) is 16.7 Å². The van der Waals surface area contributed by atoms with Gasteiger partial charge >= 0.3 is 0 Å². The Morgan fingerprint density at radius 2 is 1.97 bits per heavy atom. The van der Waals surface area contributed by atoms with E-state index in [1.165, 1.54) is 28.1 Å². The van der Waals surface area contributed by atoms with Crippen LogP contribution in [0.5, 0.6) is 0 Å². The molecule has 0 amide bonds. The van der Waals surface area contributed by atoms with E-state index < -0.39 is 29.2 Å². The highest BCUT2D eigenvalue weighted by molar-refractivity contribution is 6.31. The van der Waals surface area contributed by atoms with Gasteiger partial charge in [-0.25, -0.2) is 18.4 Å². The Morgan fingerprint density at radius 3 is 2.66 bits per heavy atom. The molecule has 0 spiro atoms. The molecule has 2 aromatic carbocycles. The van der Waals surface area contributed by atoms with Crippen molar-refractivity contribution in [3.63, 3.8) is 0 Å². The molecule has 0 aliphatic heterocycles. The summed E-state index contributed by atoms with van der Waals surface area (Å²) in [6.07, 6.45) is 2.61. The first-order valence-electron chi connectivity index (χ1n) is 8.63. The molecule has 10 heteroatoms. The molecule has 150 valence electrons. The number of aliphatic hydroxyl groups is 1. The van der Waals surface area contributed by atoms with Crippen LogP contribution in [0.4, 0.5) is 13.2 Å². The Bertz CT molecular complexity index is 1180. The van der Waals surface area contributed by atoms with Gasteiger partial charge in [0.2, 0.25) is 5.95 Å². The van der Waals surface area contributed by atoms with Crippen LogP contribution < -0.4 is 0 Å². The molecule has 2 aromatic heterocycles. The quantitative estimate of drug-likeness (QED) is 0.531. The number of rotatable bonds is 5. The second-order valence-corrected chi connectivity index (χ2v) is 7.15. The van der Waals surface area contributed by atoms with Gasteiger partial charge in [0.15, 0.2) is 0 Å². The molecule has 6 nitrogen and oxygen atoms in total. The Hall–Kier alpha value is -2.91. The first-order valence-corrected chi connectivity index (χ1v) is 9.01. The minimum atomic E-state index is -1.96. The molecule has 0 aliphatic rings. The van der Waals surface area contributed by atoms with Crippen LogP contribution in [0.1, 0.15) is 18.5 Å². The van der Waals surface area contributed by atoms with Crippen molar-refractivity contribution in [1.82, 2.24) is 24.5 Å². The third-order valence-corrected chi connectivity index (χ3v) is 5.18. The number of benzene rings is 2. The van der Waals surface area contributed by atoms with Crippen LogP contribution in [0.3, 0.4) is 0 Å². The van der Waals surface area contributed by atoms with E-state index in [-0.39, 0.29) is 17.5 Å². The molecule has 0 aliphatic carbocycles. The highest BCUT2D eigenvalue weighted by Crippen LogP contribution is 2.38. The summed E-state index contributed by atoms with van der Waals surface area (Å²) in [4.78, 5) is 3.82. The number of hydrogen-bond acceptors (Lipinski definition) is 4. The summed E-state index contributed by atoms with van der Waals surface area (Å²) in [6, 6.07) is 6.42. The minimum Gasteiger partial charge on any atom is -0.381 e. The van der Waals surface area contributed by atoms with Gasteiger partial charge in [-0.15, -0.1) is 5.10 Å². The van der Waals surface area contributed by atoms with Gasteiger partial charge in [-0.2, -0.15) is 9.49 Å². The number of hydrogen-bond donors (Lipinski definition) is 1. The second kappa shape index (κ2) is 7.16. The molecule has 0 fully saturated rings. The Morgan fingerprint density at radius 1 is 1.17 bits per heavy atom. The average molecular weight is 422 g/mol. The number of aromatic nitrogens is 5. The molecule has 0 saturated heterocycles. The van der Waals surface area contributed by atoms with Crippen molar-refractivity contribution in [2.45, 2.75) is 25.1 Å². The molecular formula is C19H15ClF3N5O. The van der Waals surface area contributed by atoms with Crippen LogP contribution >= 0.6 is 11.6 Å². The lowest BCUT2D eigenvalue weighted by atomic mass is 9.86. The van der Waals surface area contributed by atoms with E-state index in [0.717, 1.165) is 12.1 Å². The SMILES string of the molecule is C[C@@H](n1nc(F)c2cc(Cl)ccc21)[C@](O)(Cn1cncn1)c1ccc(F)cc1F. The highest BCUT2D eigenvalue weighted by atomic mass is 35.5.